The van der Waals surface area contributed by atoms with E-state index < -0.39 is 71.9 Å². The number of nitrogens with zero attached hydrogens (tertiary/aromatic N) is 1. The number of phenolic OH excluding ortho intramolecular Hbond substituents is 1. The lowest BCUT2D eigenvalue weighted by atomic mass is 9.99. The number of aliphatic imine (C=N–C) groups is 1. The topological polar surface area (TPSA) is 267 Å². The summed E-state index contributed by atoms with van der Waals surface area (Å²) in [7, 11) is 0. The summed E-state index contributed by atoms with van der Waals surface area (Å²) in [5, 5.41) is 32.1. The summed E-state index contributed by atoms with van der Waals surface area (Å²) < 4.78 is 31.7. The standard InChI is InChI=1S/C34H42N8O6.C2HF3O2/c1-34(2)32(48)41-25(8-5-15-37-33(35)36)30(46)40-26(18-21-9-12-22-6-3-4-7-23(22)16-21)29(45)38-19-28(44)39-27(31(47)42-34)17-20-10-13-24(43)14-11-20;3-2(4,5)1(6)7/h3-4,6-7,9-14,16,25-27,43H,5,8,15,17-19H2,1-2H3,(H,38,45)(H,39,44)(H,40,46)(H,41,48)(H,42,47)(H4,35,36,37);(H,6,7)/t25-,26-,27+;/m0./s1. The van der Waals surface area contributed by atoms with Gasteiger partial charge in [-0.2, -0.15) is 13.2 Å². The summed E-state index contributed by atoms with van der Waals surface area (Å²) in [5.41, 5.74) is 10.7. The minimum Gasteiger partial charge on any atom is -0.508 e. The number of fused-ring (bicyclic) bond motifs is 1. The molecule has 1 aliphatic heterocycles. The molecule has 0 unspecified atom stereocenters. The van der Waals surface area contributed by atoms with Gasteiger partial charge in [-0.3, -0.25) is 29.0 Å². The van der Waals surface area contributed by atoms with Crippen molar-refractivity contribution >= 4 is 52.2 Å². The number of aliphatic carboxylic acids is 1. The Bertz CT molecular complexity index is 1900. The van der Waals surface area contributed by atoms with Crippen molar-refractivity contribution in [3.63, 3.8) is 0 Å². The average Bonchev–Trinajstić information content (AvgIpc) is 3.11. The van der Waals surface area contributed by atoms with Gasteiger partial charge < -0.3 is 48.3 Å². The fourth-order valence-electron chi connectivity index (χ4n) is 5.26. The molecule has 4 rings (SSSR count). The zero-order valence-electron chi connectivity index (χ0n) is 29.9. The Labute approximate surface area is 313 Å². The zero-order chi connectivity index (χ0) is 40.9. The van der Waals surface area contributed by atoms with Gasteiger partial charge >= 0.3 is 12.1 Å². The highest BCUT2D eigenvalue weighted by Gasteiger charge is 2.38. The molecular formula is C36H43F3N8O8. The van der Waals surface area contributed by atoms with Crippen molar-refractivity contribution in [3.8, 4) is 5.75 Å². The number of amides is 5. The molecule has 1 aliphatic rings. The summed E-state index contributed by atoms with van der Waals surface area (Å²) in [6, 6.07) is 16.1. The summed E-state index contributed by atoms with van der Waals surface area (Å²) in [6.45, 7) is 2.65. The van der Waals surface area contributed by atoms with Crippen LogP contribution in [-0.4, -0.2) is 94.6 Å². The Morgan fingerprint density at radius 2 is 1.40 bits per heavy atom. The smallest absolute Gasteiger partial charge is 0.490 e. The van der Waals surface area contributed by atoms with E-state index in [9.17, 15) is 42.3 Å². The number of nitrogens with two attached hydrogens (primary N) is 2. The van der Waals surface area contributed by atoms with Crippen LogP contribution in [0.15, 0.2) is 71.7 Å². The van der Waals surface area contributed by atoms with Crippen LogP contribution in [0.1, 0.15) is 37.8 Å². The van der Waals surface area contributed by atoms with E-state index in [1.165, 1.54) is 26.0 Å². The number of carbonyl (C=O) groups is 6. The van der Waals surface area contributed by atoms with Crippen LogP contribution in [0.2, 0.25) is 0 Å². The first-order chi connectivity index (χ1) is 25.7. The van der Waals surface area contributed by atoms with Crippen molar-refractivity contribution in [3.05, 3.63) is 77.9 Å². The molecule has 3 atom stereocenters. The molecular weight excluding hydrogens is 729 g/mol. The van der Waals surface area contributed by atoms with Gasteiger partial charge in [0.05, 0.1) is 6.54 Å². The molecule has 19 heteroatoms. The number of phenols is 1. The van der Waals surface area contributed by atoms with E-state index in [1.54, 1.807) is 12.1 Å². The van der Waals surface area contributed by atoms with Crippen molar-refractivity contribution < 1.29 is 52.2 Å². The molecule has 16 nitrogen and oxygen atoms in total. The third-order valence-corrected chi connectivity index (χ3v) is 8.15. The maximum absolute atomic E-state index is 13.7. The predicted molar refractivity (Wildman–Crippen MR) is 194 cm³/mol. The van der Waals surface area contributed by atoms with Crippen LogP contribution in [0.25, 0.3) is 10.8 Å². The molecule has 1 heterocycles. The number of guanidine groups is 1. The predicted octanol–water partition coefficient (Wildman–Crippen LogP) is 0.497. The van der Waals surface area contributed by atoms with Crippen LogP contribution in [0.5, 0.6) is 5.75 Å². The van der Waals surface area contributed by atoms with Crippen molar-refractivity contribution in [2.75, 3.05) is 13.1 Å². The first-order valence-electron chi connectivity index (χ1n) is 16.9. The van der Waals surface area contributed by atoms with E-state index in [-0.39, 0.29) is 37.5 Å². The second kappa shape index (κ2) is 19.1. The number of carboxylic acids is 1. The van der Waals surface area contributed by atoms with Gasteiger partial charge in [0.15, 0.2) is 5.96 Å². The monoisotopic (exact) mass is 772 g/mol. The number of aromatic hydroxyl groups is 1. The Morgan fingerprint density at radius 1 is 0.818 bits per heavy atom. The normalized spacial score (nSPS) is 19.4. The van der Waals surface area contributed by atoms with Gasteiger partial charge in [0.25, 0.3) is 0 Å². The first kappa shape index (κ1) is 43.0. The van der Waals surface area contributed by atoms with E-state index in [0.717, 1.165) is 16.3 Å². The fraction of sp³-hybridized carbons (Fsp3) is 0.361. The molecule has 0 aliphatic carbocycles. The molecule has 0 spiro atoms. The molecule has 3 aromatic carbocycles. The van der Waals surface area contributed by atoms with Crippen molar-refractivity contribution in [1.82, 2.24) is 26.6 Å². The fourth-order valence-corrected chi connectivity index (χ4v) is 5.26. The number of hydrogen-bond acceptors (Lipinski definition) is 8. The summed E-state index contributed by atoms with van der Waals surface area (Å²) >= 11 is 0. The molecule has 1 fully saturated rings. The molecule has 3 aromatic rings. The second-order valence-corrected chi connectivity index (χ2v) is 13.0. The summed E-state index contributed by atoms with van der Waals surface area (Å²) in [6.07, 6.45) is -4.53. The van der Waals surface area contributed by atoms with Crippen LogP contribution in [0.3, 0.4) is 0 Å². The van der Waals surface area contributed by atoms with Crippen LogP contribution in [-0.2, 0) is 41.6 Å². The van der Waals surface area contributed by atoms with Gasteiger partial charge in [-0.05, 0) is 60.7 Å². The Morgan fingerprint density at radius 3 is 2.02 bits per heavy atom. The molecule has 1 saturated heterocycles. The van der Waals surface area contributed by atoms with E-state index >= 15 is 0 Å². The number of benzene rings is 3. The lowest BCUT2D eigenvalue weighted by molar-refractivity contribution is -0.192. The number of nitrogens with one attached hydrogen (secondary N) is 5. The third kappa shape index (κ3) is 13.8. The second-order valence-electron chi connectivity index (χ2n) is 13.0. The lowest BCUT2D eigenvalue weighted by Crippen LogP contribution is -2.62. The number of hydrogen-bond donors (Lipinski definition) is 9. The van der Waals surface area contributed by atoms with Crippen LogP contribution < -0.4 is 38.1 Å². The highest BCUT2D eigenvalue weighted by Crippen LogP contribution is 2.18. The SMILES string of the molecule is CC1(C)NC(=O)[C@@H](Cc2ccc(O)cc2)NC(=O)CNC(=O)[C@H](Cc2ccc3ccccc3c2)NC(=O)[C@H](CCCN=C(N)N)NC1=O.O=C(O)C(F)(F)F. The van der Waals surface area contributed by atoms with E-state index in [1.807, 2.05) is 42.5 Å². The highest BCUT2D eigenvalue weighted by atomic mass is 19.4. The van der Waals surface area contributed by atoms with Gasteiger partial charge in [0.1, 0.15) is 29.4 Å². The van der Waals surface area contributed by atoms with Crippen molar-refractivity contribution in [1.29, 1.82) is 0 Å². The molecule has 0 aromatic heterocycles. The van der Waals surface area contributed by atoms with Gasteiger partial charge in [-0.1, -0.05) is 54.6 Å². The number of alkyl halides is 3. The third-order valence-electron chi connectivity index (χ3n) is 8.15. The molecule has 5 amide bonds. The Kier molecular flexibility index (Phi) is 14.9. The molecule has 296 valence electrons. The van der Waals surface area contributed by atoms with E-state index in [4.69, 9.17) is 21.4 Å². The van der Waals surface area contributed by atoms with Gasteiger partial charge in [-0.15, -0.1) is 0 Å². The van der Waals surface area contributed by atoms with Crippen LogP contribution in [0, 0.1) is 0 Å². The number of halogens is 3. The van der Waals surface area contributed by atoms with Crippen LogP contribution >= 0.6 is 0 Å². The molecule has 0 bridgehead atoms. The Hall–Kier alpha value is -6.40. The summed E-state index contributed by atoms with van der Waals surface area (Å²) in [4.78, 5) is 80.3. The number of carbonyl (C=O) groups excluding carboxylic acids is 5. The molecule has 55 heavy (non-hydrogen) atoms. The summed E-state index contributed by atoms with van der Waals surface area (Å²) in [5.74, 6) is -6.11. The Balaban J connectivity index is 0.00000106. The van der Waals surface area contributed by atoms with Gasteiger partial charge in [-0.25, -0.2) is 4.79 Å². The van der Waals surface area contributed by atoms with Crippen LogP contribution in [0.4, 0.5) is 13.2 Å². The molecule has 0 saturated carbocycles. The van der Waals surface area contributed by atoms with Gasteiger partial charge in [0, 0.05) is 19.4 Å². The number of rotatable bonds is 8. The van der Waals surface area contributed by atoms with E-state index in [2.05, 4.69) is 31.6 Å². The van der Waals surface area contributed by atoms with Crippen molar-refractivity contribution in [2.24, 2.45) is 16.5 Å². The largest absolute Gasteiger partial charge is 0.508 e. The minimum atomic E-state index is -5.08. The highest BCUT2D eigenvalue weighted by molar-refractivity contribution is 5.98. The quantitative estimate of drug-likeness (QED) is 0.0869. The van der Waals surface area contributed by atoms with Gasteiger partial charge in [0.2, 0.25) is 29.5 Å². The minimum absolute atomic E-state index is 0.0293. The lowest BCUT2D eigenvalue weighted by Gasteiger charge is -2.30. The molecule has 0 radical (unpaired) electrons. The maximum Gasteiger partial charge on any atom is 0.490 e. The number of carboxylic acid groups (broad SMARTS) is 1. The van der Waals surface area contributed by atoms with E-state index in [0.29, 0.717) is 12.0 Å². The maximum atomic E-state index is 13.7. The van der Waals surface area contributed by atoms with Crippen molar-refractivity contribution in [2.45, 2.75) is 69.4 Å². The molecule has 11 N–H and O–H groups in total. The average molecular weight is 773 g/mol. The first-order valence-corrected chi connectivity index (χ1v) is 16.9. The zero-order valence-corrected chi connectivity index (χ0v) is 29.9.